The minimum Gasteiger partial charge on any atom is -0.208 e. The average Bonchev–Trinajstić information content (AvgIpc) is 3.44. The molecular weight excluding hydrogens is 619 g/mol. The summed E-state index contributed by atoms with van der Waals surface area (Å²) in [5.41, 5.74) is 15.3. The molecule has 0 saturated carbocycles. The molecule has 0 amide bonds. The Labute approximate surface area is 299 Å². The van der Waals surface area contributed by atoms with Gasteiger partial charge in [-0.15, -0.1) is 0 Å². The van der Waals surface area contributed by atoms with Gasteiger partial charge in [0.2, 0.25) is 0 Å². The lowest BCUT2D eigenvalue weighted by Crippen LogP contribution is -2.14. The van der Waals surface area contributed by atoms with Gasteiger partial charge in [0.1, 0.15) is 0 Å². The molecule has 0 bridgehead atoms. The Kier molecular flexibility index (Phi) is 7.48. The molecule has 1 aliphatic rings. The Morgan fingerprint density at radius 3 is 1.41 bits per heavy atom. The van der Waals surface area contributed by atoms with Gasteiger partial charge in [-0.05, 0) is 61.7 Å². The van der Waals surface area contributed by atoms with Gasteiger partial charge >= 0.3 is 0 Å². The van der Waals surface area contributed by atoms with Crippen molar-refractivity contribution in [3.63, 3.8) is 0 Å². The molecule has 0 spiro atoms. The SMILES string of the molecule is CC1(C)c2ccccc2-c2c(-c3ccc(-c4cccc(-c5nc(-c6ccccc6)nc(-c6ccc(-c7ccccc7)cc6)n5)c4)cc3)cccc21. The second-order valence-corrected chi connectivity index (χ2v) is 13.7. The van der Waals surface area contributed by atoms with Crippen molar-refractivity contribution >= 4 is 0 Å². The first-order chi connectivity index (χ1) is 25.0. The highest BCUT2D eigenvalue weighted by Gasteiger charge is 2.36. The zero-order chi connectivity index (χ0) is 34.4. The summed E-state index contributed by atoms with van der Waals surface area (Å²) in [5.74, 6) is 1.94. The fourth-order valence-corrected chi connectivity index (χ4v) is 7.47. The van der Waals surface area contributed by atoms with E-state index in [2.05, 4.69) is 153 Å². The molecule has 0 fully saturated rings. The summed E-state index contributed by atoms with van der Waals surface area (Å²) in [4.78, 5) is 15.0. The van der Waals surface area contributed by atoms with Crippen LogP contribution in [0.5, 0.6) is 0 Å². The summed E-state index contributed by atoms with van der Waals surface area (Å²) < 4.78 is 0. The summed E-state index contributed by atoms with van der Waals surface area (Å²) in [7, 11) is 0. The van der Waals surface area contributed by atoms with Crippen LogP contribution in [0.2, 0.25) is 0 Å². The van der Waals surface area contributed by atoms with Crippen LogP contribution in [0.25, 0.3) is 78.7 Å². The molecule has 7 aromatic carbocycles. The van der Waals surface area contributed by atoms with E-state index in [1.807, 2.05) is 36.4 Å². The zero-order valence-electron chi connectivity index (χ0n) is 28.6. The number of aromatic nitrogens is 3. The van der Waals surface area contributed by atoms with E-state index in [-0.39, 0.29) is 5.41 Å². The third-order valence-electron chi connectivity index (χ3n) is 10.2. The van der Waals surface area contributed by atoms with Crippen molar-refractivity contribution in [2.45, 2.75) is 19.3 Å². The Morgan fingerprint density at radius 1 is 0.314 bits per heavy atom. The summed E-state index contributed by atoms with van der Waals surface area (Å²) in [6.45, 7) is 4.66. The second-order valence-electron chi connectivity index (χ2n) is 13.7. The van der Waals surface area contributed by atoms with Crippen LogP contribution in [-0.2, 0) is 5.41 Å². The highest BCUT2D eigenvalue weighted by atomic mass is 15.0. The molecule has 242 valence electrons. The Morgan fingerprint density at radius 2 is 0.725 bits per heavy atom. The standard InChI is InChI=1S/C48H35N3/c1-48(2)42-21-10-9-19-41(42)44-40(20-12-22-43(44)48)35-27-23-34(24-28-35)38-17-11-18-39(31-38)47-50-45(36-15-7-4-8-16-36)49-46(51-47)37-29-25-33(26-30-37)32-13-5-3-6-14-32/h3-31H,1-2H3. The maximum absolute atomic E-state index is 5.03. The second kappa shape index (κ2) is 12.5. The van der Waals surface area contributed by atoms with E-state index < -0.39 is 0 Å². The van der Waals surface area contributed by atoms with Crippen molar-refractivity contribution in [2.24, 2.45) is 0 Å². The van der Waals surface area contributed by atoms with Gasteiger partial charge in [-0.3, -0.25) is 0 Å². The summed E-state index contributed by atoms with van der Waals surface area (Å²) in [5, 5.41) is 0. The van der Waals surface area contributed by atoms with Crippen LogP contribution in [0.3, 0.4) is 0 Å². The van der Waals surface area contributed by atoms with Crippen LogP contribution in [0.4, 0.5) is 0 Å². The molecule has 3 nitrogen and oxygen atoms in total. The zero-order valence-corrected chi connectivity index (χ0v) is 28.6. The van der Waals surface area contributed by atoms with E-state index in [0.717, 1.165) is 33.4 Å². The monoisotopic (exact) mass is 653 g/mol. The number of hydrogen-bond donors (Lipinski definition) is 0. The average molecular weight is 654 g/mol. The number of nitrogens with zero attached hydrogens (tertiary/aromatic N) is 3. The number of hydrogen-bond acceptors (Lipinski definition) is 3. The highest BCUT2D eigenvalue weighted by molar-refractivity contribution is 5.93. The largest absolute Gasteiger partial charge is 0.208 e. The minimum atomic E-state index is -0.0246. The first-order valence-corrected chi connectivity index (χ1v) is 17.4. The minimum absolute atomic E-state index is 0.0246. The maximum Gasteiger partial charge on any atom is 0.164 e. The molecule has 0 aliphatic heterocycles. The van der Waals surface area contributed by atoms with Crippen LogP contribution in [-0.4, -0.2) is 15.0 Å². The van der Waals surface area contributed by atoms with Gasteiger partial charge in [0.25, 0.3) is 0 Å². The molecule has 0 saturated heterocycles. The van der Waals surface area contributed by atoms with Crippen molar-refractivity contribution in [1.82, 2.24) is 15.0 Å². The Bertz CT molecular complexity index is 2520. The first kappa shape index (κ1) is 30.6. The Hall–Kier alpha value is -6.45. The van der Waals surface area contributed by atoms with E-state index in [1.165, 1.54) is 38.9 Å². The van der Waals surface area contributed by atoms with E-state index in [4.69, 9.17) is 15.0 Å². The predicted molar refractivity (Wildman–Crippen MR) is 210 cm³/mol. The number of fused-ring (bicyclic) bond motifs is 3. The van der Waals surface area contributed by atoms with E-state index in [1.54, 1.807) is 0 Å². The van der Waals surface area contributed by atoms with Gasteiger partial charge in [0.15, 0.2) is 17.5 Å². The number of benzene rings is 7. The predicted octanol–water partition coefficient (Wildman–Crippen LogP) is 12.2. The topological polar surface area (TPSA) is 38.7 Å². The molecule has 0 atom stereocenters. The molecule has 0 unspecified atom stereocenters. The molecule has 1 aromatic heterocycles. The van der Waals surface area contributed by atoms with Gasteiger partial charge < -0.3 is 0 Å². The van der Waals surface area contributed by atoms with Crippen molar-refractivity contribution in [3.05, 3.63) is 187 Å². The normalized spacial score (nSPS) is 12.7. The van der Waals surface area contributed by atoms with Crippen LogP contribution < -0.4 is 0 Å². The molecule has 8 aromatic rings. The van der Waals surface area contributed by atoms with Crippen LogP contribution in [0.15, 0.2) is 176 Å². The molecule has 3 heteroatoms. The van der Waals surface area contributed by atoms with Crippen LogP contribution in [0, 0.1) is 0 Å². The summed E-state index contributed by atoms with van der Waals surface area (Å²) in [6, 6.07) is 62.0. The van der Waals surface area contributed by atoms with Crippen molar-refractivity contribution in [3.8, 4) is 78.7 Å². The van der Waals surface area contributed by atoms with Crippen molar-refractivity contribution < 1.29 is 0 Å². The van der Waals surface area contributed by atoms with Gasteiger partial charge in [-0.1, -0.05) is 184 Å². The molecule has 9 rings (SSSR count). The van der Waals surface area contributed by atoms with Crippen LogP contribution >= 0.6 is 0 Å². The quantitative estimate of drug-likeness (QED) is 0.179. The van der Waals surface area contributed by atoms with Crippen molar-refractivity contribution in [2.75, 3.05) is 0 Å². The molecule has 1 aliphatic carbocycles. The molecule has 0 N–H and O–H groups in total. The van der Waals surface area contributed by atoms with Crippen molar-refractivity contribution in [1.29, 1.82) is 0 Å². The Balaban J connectivity index is 1.08. The number of rotatable bonds is 6. The fraction of sp³-hybridized carbons (Fsp3) is 0.0625. The highest BCUT2D eigenvalue weighted by Crippen LogP contribution is 2.52. The molecular formula is C48H35N3. The third-order valence-corrected chi connectivity index (χ3v) is 10.2. The molecule has 0 radical (unpaired) electrons. The molecule has 51 heavy (non-hydrogen) atoms. The van der Waals surface area contributed by atoms with Gasteiger partial charge in [0, 0.05) is 22.1 Å². The summed E-state index contributed by atoms with van der Waals surface area (Å²) >= 11 is 0. The van der Waals surface area contributed by atoms with Gasteiger partial charge in [-0.25, -0.2) is 15.0 Å². The first-order valence-electron chi connectivity index (χ1n) is 17.4. The lowest BCUT2D eigenvalue weighted by Gasteiger charge is -2.21. The summed E-state index contributed by atoms with van der Waals surface area (Å²) in [6.07, 6.45) is 0. The third kappa shape index (κ3) is 5.53. The van der Waals surface area contributed by atoms with Crippen LogP contribution in [0.1, 0.15) is 25.0 Å². The maximum atomic E-state index is 5.03. The lowest BCUT2D eigenvalue weighted by molar-refractivity contribution is 0.660. The molecule has 1 heterocycles. The van der Waals surface area contributed by atoms with Gasteiger partial charge in [-0.2, -0.15) is 0 Å². The van der Waals surface area contributed by atoms with Gasteiger partial charge in [0.05, 0.1) is 0 Å². The van der Waals surface area contributed by atoms with E-state index in [9.17, 15) is 0 Å². The fourth-order valence-electron chi connectivity index (χ4n) is 7.47. The smallest absolute Gasteiger partial charge is 0.164 e. The lowest BCUT2D eigenvalue weighted by atomic mass is 9.82. The van der Waals surface area contributed by atoms with E-state index in [0.29, 0.717) is 17.5 Å². The van der Waals surface area contributed by atoms with E-state index >= 15 is 0 Å².